The van der Waals surface area contributed by atoms with Crippen LogP contribution in [0, 0.1) is 18.2 Å². The van der Waals surface area contributed by atoms with E-state index in [-0.39, 0.29) is 18.2 Å². The number of hydrogen-bond acceptors (Lipinski definition) is 5. The number of carbonyl (C=O) groups is 2. The van der Waals surface area contributed by atoms with Gasteiger partial charge in [0.15, 0.2) is 5.69 Å². The third-order valence-electron chi connectivity index (χ3n) is 6.20. The molecular weight excluding hydrogens is 461 g/mol. The van der Waals surface area contributed by atoms with Crippen molar-refractivity contribution in [2.24, 2.45) is 0 Å². The van der Waals surface area contributed by atoms with Gasteiger partial charge in [-0.15, -0.1) is 11.5 Å². The van der Waals surface area contributed by atoms with Gasteiger partial charge in [-0.1, -0.05) is 36.5 Å². The van der Waals surface area contributed by atoms with E-state index >= 15 is 0 Å². The van der Waals surface area contributed by atoms with Crippen molar-refractivity contribution in [2.45, 2.75) is 51.2 Å². The van der Waals surface area contributed by atoms with Gasteiger partial charge in [-0.25, -0.2) is 9.07 Å². The Bertz CT molecular complexity index is 1270. The number of terminal acetylenes is 1. The highest BCUT2D eigenvalue weighted by molar-refractivity contribution is 5.95. The molecule has 0 radical (unpaired) electrons. The van der Waals surface area contributed by atoms with Crippen molar-refractivity contribution in [3.8, 4) is 23.8 Å². The molecule has 2 aromatic carbocycles. The molecule has 0 spiro atoms. The average Bonchev–Trinajstić information content (AvgIpc) is 3.32. The first kappa shape index (κ1) is 24.9. The number of aromatic nitrogens is 3. The van der Waals surface area contributed by atoms with Crippen LogP contribution in [0.25, 0.3) is 5.69 Å². The highest BCUT2D eigenvalue weighted by atomic mass is 19.1. The lowest BCUT2D eigenvalue weighted by Crippen LogP contribution is -2.49. The molecule has 0 saturated heterocycles. The van der Waals surface area contributed by atoms with Gasteiger partial charge in [0, 0.05) is 18.2 Å². The maximum atomic E-state index is 13.7. The molecular formula is C27H28FN5O3. The number of rotatable bonds is 8. The van der Waals surface area contributed by atoms with Crippen LogP contribution in [0.1, 0.15) is 65.6 Å². The van der Waals surface area contributed by atoms with E-state index in [1.54, 1.807) is 30.3 Å². The molecule has 1 saturated carbocycles. The number of nitrogens with one attached hydrogen (secondary N) is 2. The maximum Gasteiger partial charge on any atom is 0.275 e. The Hall–Kier alpha value is -4.19. The molecule has 1 heterocycles. The predicted octanol–water partition coefficient (Wildman–Crippen LogP) is 3.80. The molecule has 1 aromatic heterocycles. The summed E-state index contributed by atoms with van der Waals surface area (Å²) in [6.07, 6.45) is 10.1. The van der Waals surface area contributed by atoms with Crippen molar-refractivity contribution in [1.82, 2.24) is 25.6 Å². The van der Waals surface area contributed by atoms with E-state index in [0.717, 1.165) is 19.3 Å². The molecule has 2 N–H and O–H groups in total. The zero-order valence-corrected chi connectivity index (χ0v) is 20.1. The summed E-state index contributed by atoms with van der Waals surface area (Å²) >= 11 is 0. The number of hydrogen-bond donors (Lipinski definition) is 2. The van der Waals surface area contributed by atoms with E-state index < -0.39 is 17.3 Å². The number of nitrogens with zero attached hydrogens (tertiary/aromatic N) is 3. The highest BCUT2D eigenvalue weighted by Crippen LogP contribution is 2.28. The van der Waals surface area contributed by atoms with Crippen molar-refractivity contribution < 1.29 is 18.7 Å². The van der Waals surface area contributed by atoms with Crippen LogP contribution in [0.5, 0.6) is 5.75 Å². The third-order valence-corrected chi connectivity index (χ3v) is 6.20. The minimum absolute atomic E-state index is 0.0689. The molecule has 1 aliphatic rings. The fourth-order valence-electron chi connectivity index (χ4n) is 4.28. The lowest BCUT2D eigenvalue weighted by Gasteiger charge is -2.33. The first-order valence-electron chi connectivity index (χ1n) is 12.0. The largest absolute Gasteiger partial charge is 0.487 e. The van der Waals surface area contributed by atoms with E-state index in [0.29, 0.717) is 42.1 Å². The number of halogens is 1. The third kappa shape index (κ3) is 5.54. The lowest BCUT2D eigenvalue weighted by atomic mass is 9.82. The molecule has 2 amide bonds. The summed E-state index contributed by atoms with van der Waals surface area (Å²) in [6.45, 7) is 2.26. The Morgan fingerprint density at radius 3 is 2.56 bits per heavy atom. The van der Waals surface area contributed by atoms with Crippen molar-refractivity contribution in [3.05, 3.63) is 71.3 Å². The summed E-state index contributed by atoms with van der Waals surface area (Å²) in [6, 6.07) is 12.5. The van der Waals surface area contributed by atoms with Crippen LogP contribution >= 0.6 is 0 Å². The number of benzene rings is 2. The Labute approximate surface area is 209 Å². The normalized spacial score (nSPS) is 14.5. The van der Waals surface area contributed by atoms with Gasteiger partial charge in [0.05, 0.1) is 5.69 Å². The lowest BCUT2D eigenvalue weighted by molar-refractivity contribution is 0.0894. The highest BCUT2D eigenvalue weighted by Gasteiger charge is 2.34. The van der Waals surface area contributed by atoms with E-state index in [2.05, 4.69) is 26.9 Å². The molecule has 4 rings (SSSR count). The van der Waals surface area contributed by atoms with Gasteiger partial charge in [-0.3, -0.25) is 9.59 Å². The fraction of sp³-hybridized carbons (Fsp3) is 0.333. The van der Waals surface area contributed by atoms with Crippen LogP contribution in [0.3, 0.4) is 0 Å². The summed E-state index contributed by atoms with van der Waals surface area (Å²) in [5, 5.41) is 14.1. The summed E-state index contributed by atoms with van der Waals surface area (Å²) in [4.78, 5) is 25.5. The Balaban J connectivity index is 1.65. The van der Waals surface area contributed by atoms with E-state index in [1.807, 2.05) is 6.92 Å². The molecule has 36 heavy (non-hydrogen) atoms. The minimum Gasteiger partial charge on any atom is -0.487 e. The van der Waals surface area contributed by atoms with E-state index in [4.69, 9.17) is 11.2 Å². The summed E-state index contributed by atoms with van der Waals surface area (Å²) in [5.74, 6) is 1.99. The van der Waals surface area contributed by atoms with Gasteiger partial charge in [0.1, 0.15) is 29.4 Å². The van der Waals surface area contributed by atoms with Crippen LogP contribution in [0.4, 0.5) is 4.39 Å². The fourth-order valence-corrected chi connectivity index (χ4v) is 4.28. The number of ether oxygens (including phenoxy) is 1. The molecule has 0 atom stereocenters. The molecule has 0 bridgehead atoms. The molecule has 1 aliphatic carbocycles. The minimum atomic E-state index is -0.728. The number of carbonyl (C=O) groups excluding carboxylic acids is 2. The summed E-state index contributed by atoms with van der Waals surface area (Å²) in [5.41, 5.74) is 0.778. The van der Waals surface area contributed by atoms with Crippen molar-refractivity contribution in [3.63, 3.8) is 0 Å². The second-order valence-electron chi connectivity index (χ2n) is 8.69. The molecule has 3 aromatic rings. The van der Waals surface area contributed by atoms with Gasteiger partial charge in [0.25, 0.3) is 11.8 Å². The van der Waals surface area contributed by atoms with Crippen LogP contribution < -0.4 is 15.4 Å². The van der Waals surface area contributed by atoms with Gasteiger partial charge in [-0.2, -0.15) is 0 Å². The van der Waals surface area contributed by atoms with Crippen LogP contribution in [0.15, 0.2) is 48.5 Å². The van der Waals surface area contributed by atoms with Gasteiger partial charge in [0.2, 0.25) is 0 Å². The quantitative estimate of drug-likeness (QED) is 0.469. The zero-order chi connectivity index (χ0) is 25.5. The zero-order valence-electron chi connectivity index (χ0n) is 20.1. The molecule has 0 aliphatic heterocycles. The average molecular weight is 490 g/mol. The van der Waals surface area contributed by atoms with Gasteiger partial charge in [-0.05, 0) is 56.2 Å². The summed E-state index contributed by atoms with van der Waals surface area (Å²) in [7, 11) is 0. The van der Waals surface area contributed by atoms with Gasteiger partial charge >= 0.3 is 0 Å². The van der Waals surface area contributed by atoms with E-state index in [1.165, 1.54) is 22.9 Å². The standard InChI is InChI=1S/C27H28FN5O3/c1-3-27(15-6-5-7-16-27)30-26(35)24-23(18-36-22-10-8-9-20(28)17-22)33(32-31-24)21-13-11-19(12-14-21)25(34)29-4-2/h1,8-14,17H,4-7,15-16,18H2,2H3,(H,29,34)(H,30,35). The molecule has 8 nitrogen and oxygen atoms in total. The number of amides is 2. The Kier molecular flexibility index (Phi) is 7.64. The molecule has 9 heteroatoms. The first-order valence-corrected chi connectivity index (χ1v) is 12.0. The second-order valence-corrected chi connectivity index (χ2v) is 8.69. The van der Waals surface area contributed by atoms with E-state index in [9.17, 15) is 14.0 Å². The summed E-state index contributed by atoms with van der Waals surface area (Å²) < 4.78 is 20.9. The topological polar surface area (TPSA) is 98.1 Å². The predicted molar refractivity (Wildman–Crippen MR) is 132 cm³/mol. The van der Waals surface area contributed by atoms with Crippen molar-refractivity contribution in [2.75, 3.05) is 6.54 Å². The maximum absolute atomic E-state index is 13.7. The van der Waals surface area contributed by atoms with Gasteiger partial charge < -0.3 is 15.4 Å². The molecule has 0 unspecified atom stereocenters. The Morgan fingerprint density at radius 2 is 1.89 bits per heavy atom. The van der Waals surface area contributed by atoms with Crippen LogP contribution in [-0.2, 0) is 6.61 Å². The van der Waals surface area contributed by atoms with Crippen LogP contribution in [-0.4, -0.2) is 38.9 Å². The molecule has 186 valence electrons. The first-order chi connectivity index (χ1) is 17.4. The Morgan fingerprint density at radius 1 is 1.14 bits per heavy atom. The molecule has 1 fully saturated rings. The van der Waals surface area contributed by atoms with Crippen LogP contribution in [0.2, 0.25) is 0 Å². The SMILES string of the molecule is C#CC1(NC(=O)c2nnn(-c3ccc(C(=O)NCC)cc3)c2COc2cccc(F)c2)CCCCC1. The monoisotopic (exact) mass is 489 g/mol. The second kappa shape index (κ2) is 11.0. The van der Waals surface area contributed by atoms with Crippen molar-refractivity contribution >= 4 is 11.8 Å². The van der Waals surface area contributed by atoms with Crippen molar-refractivity contribution in [1.29, 1.82) is 0 Å². The smallest absolute Gasteiger partial charge is 0.275 e.